The van der Waals surface area contributed by atoms with Gasteiger partial charge in [-0.15, -0.1) is 0 Å². The van der Waals surface area contributed by atoms with Crippen LogP contribution in [-0.4, -0.2) is 26.2 Å². The highest BCUT2D eigenvalue weighted by Gasteiger charge is 2.33. The Labute approximate surface area is 95.6 Å². The number of carbonyl (C=O) groups excluding carboxylic acids is 2. The molecular formula is C12H18O4. The first-order chi connectivity index (χ1) is 7.63. The van der Waals surface area contributed by atoms with Crippen molar-refractivity contribution in [2.75, 3.05) is 14.2 Å². The van der Waals surface area contributed by atoms with Crippen LogP contribution < -0.4 is 0 Å². The molecular weight excluding hydrogens is 208 g/mol. The molecule has 1 rings (SSSR count). The maximum absolute atomic E-state index is 11.5. The molecule has 0 aromatic carbocycles. The number of ether oxygens (including phenoxy) is 2. The zero-order chi connectivity index (χ0) is 12.1. The monoisotopic (exact) mass is 226 g/mol. The van der Waals surface area contributed by atoms with Crippen molar-refractivity contribution < 1.29 is 19.1 Å². The first kappa shape index (κ1) is 12.7. The molecule has 0 amide bonds. The molecule has 3 unspecified atom stereocenters. The average Bonchev–Trinajstić information content (AvgIpc) is 2.35. The van der Waals surface area contributed by atoms with E-state index in [9.17, 15) is 9.59 Å². The average molecular weight is 226 g/mol. The smallest absolute Gasteiger partial charge is 0.312 e. The Morgan fingerprint density at radius 3 is 2.31 bits per heavy atom. The van der Waals surface area contributed by atoms with Gasteiger partial charge in [0.25, 0.3) is 0 Å². The van der Waals surface area contributed by atoms with Crippen LogP contribution in [0.25, 0.3) is 0 Å². The predicted octanol–water partition coefficient (Wildman–Crippen LogP) is 1.55. The second-order valence-electron chi connectivity index (χ2n) is 3.97. The third-order valence-electron chi connectivity index (χ3n) is 3.12. The van der Waals surface area contributed by atoms with Gasteiger partial charge in [0.1, 0.15) is 0 Å². The molecule has 0 fully saturated rings. The first-order valence-corrected chi connectivity index (χ1v) is 5.48. The van der Waals surface area contributed by atoms with Gasteiger partial charge >= 0.3 is 11.9 Å². The Morgan fingerprint density at radius 2 is 1.81 bits per heavy atom. The van der Waals surface area contributed by atoms with Crippen molar-refractivity contribution >= 4 is 11.9 Å². The maximum Gasteiger partial charge on any atom is 0.312 e. The van der Waals surface area contributed by atoms with E-state index in [1.165, 1.54) is 14.2 Å². The lowest BCUT2D eigenvalue weighted by Crippen LogP contribution is -2.30. The fourth-order valence-electron chi connectivity index (χ4n) is 2.12. The van der Waals surface area contributed by atoms with Gasteiger partial charge in [0.05, 0.1) is 26.1 Å². The Balaban J connectivity index is 2.78. The van der Waals surface area contributed by atoms with Crippen LogP contribution in [0.5, 0.6) is 0 Å². The molecule has 3 atom stereocenters. The highest BCUT2D eigenvalue weighted by Crippen LogP contribution is 2.32. The molecule has 0 radical (unpaired) electrons. The van der Waals surface area contributed by atoms with Crippen molar-refractivity contribution in [1.29, 1.82) is 0 Å². The molecule has 0 bridgehead atoms. The van der Waals surface area contributed by atoms with Crippen molar-refractivity contribution in [3.63, 3.8) is 0 Å². The van der Waals surface area contributed by atoms with E-state index >= 15 is 0 Å². The predicted molar refractivity (Wildman–Crippen MR) is 58.6 cm³/mol. The minimum Gasteiger partial charge on any atom is -0.469 e. The Hall–Kier alpha value is -1.32. The number of esters is 2. The van der Waals surface area contributed by atoms with Crippen LogP contribution in [0.1, 0.15) is 19.8 Å². The molecule has 16 heavy (non-hydrogen) atoms. The van der Waals surface area contributed by atoms with E-state index in [4.69, 9.17) is 9.47 Å². The van der Waals surface area contributed by atoms with Gasteiger partial charge in [-0.2, -0.15) is 0 Å². The van der Waals surface area contributed by atoms with Crippen molar-refractivity contribution in [1.82, 2.24) is 0 Å². The molecule has 0 N–H and O–H groups in total. The first-order valence-electron chi connectivity index (χ1n) is 5.48. The van der Waals surface area contributed by atoms with Crippen molar-refractivity contribution in [2.45, 2.75) is 19.8 Å². The summed E-state index contributed by atoms with van der Waals surface area (Å²) in [5.41, 5.74) is 0. The van der Waals surface area contributed by atoms with Gasteiger partial charge < -0.3 is 9.47 Å². The summed E-state index contributed by atoms with van der Waals surface area (Å²) < 4.78 is 9.44. The Morgan fingerprint density at radius 1 is 1.19 bits per heavy atom. The molecule has 4 heteroatoms. The Kier molecular flexibility index (Phi) is 4.52. The molecule has 0 aliphatic heterocycles. The van der Waals surface area contributed by atoms with Crippen molar-refractivity contribution in [3.05, 3.63) is 12.2 Å². The molecule has 0 saturated heterocycles. The summed E-state index contributed by atoms with van der Waals surface area (Å²) >= 11 is 0. The summed E-state index contributed by atoms with van der Waals surface area (Å²) in [6, 6.07) is 0. The molecule has 0 aromatic rings. The number of carbonyl (C=O) groups is 2. The molecule has 0 heterocycles. The van der Waals surface area contributed by atoms with Gasteiger partial charge in [0.2, 0.25) is 0 Å². The summed E-state index contributed by atoms with van der Waals surface area (Å²) in [6.45, 7) is 2.01. The fraction of sp³-hybridized carbons (Fsp3) is 0.667. The van der Waals surface area contributed by atoms with Crippen LogP contribution in [0.3, 0.4) is 0 Å². The summed E-state index contributed by atoms with van der Waals surface area (Å²) in [5, 5.41) is 0. The van der Waals surface area contributed by atoms with Crippen LogP contribution in [0.2, 0.25) is 0 Å². The molecule has 1 aliphatic rings. The zero-order valence-electron chi connectivity index (χ0n) is 9.93. The maximum atomic E-state index is 11.5. The lowest BCUT2D eigenvalue weighted by atomic mass is 9.77. The second-order valence-corrected chi connectivity index (χ2v) is 3.97. The molecule has 1 aliphatic carbocycles. The third kappa shape index (κ3) is 2.62. The van der Waals surface area contributed by atoms with Gasteiger partial charge in [-0.25, -0.2) is 0 Å². The highest BCUT2D eigenvalue weighted by atomic mass is 16.5. The zero-order valence-corrected chi connectivity index (χ0v) is 9.93. The summed E-state index contributed by atoms with van der Waals surface area (Å²) in [4.78, 5) is 22.9. The number of methoxy groups -OCH3 is 2. The van der Waals surface area contributed by atoms with E-state index in [2.05, 4.69) is 0 Å². The SMILES string of the molecule is CCC1CC(C(=O)OC)C=CC1C(=O)OC. The van der Waals surface area contributed by atoms with E-state index in [0.29, 0.717) is 6.42 Å². The lowest BCUT2D eigenvalue weighted by molar-refractivity contribution is -0.149. The molecule has 0 aromatic heterocycles. The van der Waals surface area contributed by atoms with Crippen LogP contribution in [0.15, 0.2) is 12.2 Å². The highest BCUT2D eigenvalue weighted by molar-refractivity contribution is 5.78. The fourth-order valence-corrected chi connectivity index (χ4v) is 2.12. The largest absolute Gasteiger partial charge is 0.469 e. The van der Waals surface area contributed by atoms with E-state index < -0.39 is 0 Å². The van der Waals surface area contributed by atoms with Gasteiger partial charge in [-0.1, -0.05) is 25.5 Å². The Bertz CT molecular complexity index is 295. The van der Waals surface area contributed by atoms with Crippen LogP contribution >= 0.6 is 0 Å². The standard InChI is InChI=1S/C12H18O4/c1-4-8-7-9(11(13)15-2)5-6-10(8)12(14)16-3/h5-6,8-10H,4,7H2,1-3H3. The van der Waals surface area contributed by atoms with Gasteiger partial charge in [0, 0.05) is 0 Å². The minimum absolute atomic E-state index is 0.154. The molecule has 4 nitrogen and oxygen atoms in total. The van der Waals surface area contributed by atoms with E-state index in [-0.39, 0.29) is 29.7 Å². The normalized spacial score (nSPS) is 28.6. The van der Waals surface area contributed by atoms with Crippen molar-refractivity contribution in [3.8, 4) is 0 Å². The summed E-state index contributed by atoms with van der Waals surface area (Å²) in [6.07, 6.45) is 5.02. The van der Waals surface area contributed by atoms with Crippen LogP contribution in [-0.2, 0) is 19.1 Å². The van der Waals surface area contributed by atoms with Crippen LogP contribution in [0, 0.1) is 17.8 Å². The van der Waals surface area contributed by atoms with Gasteiger partial charge in [0.15, 0.2) is 0 Å². The summed E-state index contributed by atoms with van der Waals surface area (Å²) in [5.74, 6) is -0.766. The minimum atomic E-state index is -0.238. The number of hydrogen-bond donors (Lipinski definition) is 0. The summed E-state index contributed by atoms with van der Waals surface area (Å²) in [7, 11) is 2.76. The van der Waals surface area contributed by atoms with E-state index in [0.717, 1.165) is 6.42 Å². The molecule has 0 spiro atoms. The lowest BCUT2D eigenvalue weighted by Gasteiger charge is -2.28. The van der Waals surface area contributed by atoms with Crippen molar-refractivity contribution in [2.24, 2.45) is 17.8 Å². The topological polar surface area (TPSA) is 52.6 Å². The third-order valence-corrected chi connectivity index (χ3v) is 3.12. The number of hydrogen-bond acceptors (Lipinski definition) is 4. The van der Waals surface area contributed by atoms with Gasteiger partial charge in [-0.3, -0.25) is 9.59 Å². The second kappa shape index (κ2) is 5.68. The van der Waals surface area contributed by atoms with E-state index in [1.807, 2.05) is 6.92 Å². The molecule has 0 saturated carbocycles. The number of rotatable bonds is 3. The molecule has 90 valence electrons. The van der Waals surface area contributed by atoms with Crippen LogP contribution in [0.4, 0.5) is 0 Å². The van der Waals surface area contributed by atoms with E-state index in [1.54, 1.807) is 12.2 Å². The van der Waals surface area contributed by atoms with Gasteiger partial charge in [-0.05, 0) is 12.3 Å². The quantitative estimate of drug-likeness (QED) is 0.541.